The molecule has 1 aromatic rings. The Labute approximate surface area is 103 Å². The van der Waals surface area contributed by atoms with Gasteiger partial charge in [-0.2, -0.15) is 0 Å². The molecule has 0 unspecified atom stereocenters. The number of halogens is 1. The topological polar surface area (TPSA) is 18.5 Å². The largest absolute Gasteiger partial charge is 0.495 e. The third-order valence-electron chi connectivity index (χ3n) is 3.21. The molecule has 0 fully saturated rings. The van der Waals surface area contributed by atoms with E-state index in [4.69, 9.17) is 21.1 Å². The van der Waals surface area contributed by atoms with Crippen LogP contribution in [0.25, 0.3) is 0 Å². The fraction of sp³-hybridized carbons (Fsp3) is 0.538. The van der Waals surface area contributed by atoms with E-state index in [0.717, 1.165) is 18.4 Å². The first-order chi connectivity index (χ1) is 7.63. The maximum atomic E-state index is 6.01. The zero-order valence-corrected chi connectivity index (χ0v) is 11.1. The molecule has 0 heterocycles. The van der Waals surface area contributed by atoms with Crippen LogP contribution in [0.15, 0.2) is 18.2 Å². The summed E-state index contributed by atoms with van der Waals surface area (Å²) in [6.45, 7) is 4.24. The third-order valence-corrected chi connectivity index (χ3v) is 3.52. The van der Waals surface area contributed by atoms with Crippen molar-refractivity contribution in [2.45, 2.75) is 32.3 Å². The SMILES string of the molecule is CCC(CC)(OC)c1ccc(Cl)c(OC)c1. The number of hydrogen-bond acceptors (Lipinski definition) is 2. The first kappa shape index (κ1) is 13.3. The molecule has 0 N–H and O–H groups in total. The lowest BCUT2D eigenvalue weighted by Crippen LogP contribution is -2.26. The van der Waals surface area contributed by atoms with Crippen LogP contribution < -0.4 is 4.74 Å². The van der Waals surface area contributed by atoms with E-state index in [1.807, 2.05) is 18.2 Å². The van der Waals surface area contributed by atoms with Crippen LogP contribution in [0.1, 0.15) is 32.3 Å². The van der Waals surface area contributed by atoms with E-state index in [2.05, 4.69) is 13.8 Å². The molecule has 0 atom stereocenters. The van der Waals surface area contributed by atoms with Crippen molar-refractivity contribution in [2.75, 3.05) is 14.2 Å². The molecular formula is C13H19ClO2. The van der Waals surface area contributed by atoms with Crippen LogP contribution in [-0.2, 0) is 10.3 Å². The fourth-order valence-electron chi connectivity index (χ4n) is 2.01. The third kappa shape index (κ3) is 2.33. The first-order valence-electron chi connectivity index (χ1n) is 5.52. The minimum absolute atomic E-state index is 0.238. The van der Waals surface area contributed by atoms with Gasteiger partial charge in [-0.3, -0.25) is 0 Å². The van der Waals surface area contributed by atoms with Crippen molar-refractivity contribution in [1.29, 1.82) is 0 Å². The summed E-state index contributed by atoms with van der Waals surface area (Å²) in [6.07, 6.45) is 1.84. The second-order valence-corrected chi connectivity index (χ2v) is 4.16. The van der Waals surface area contributed by atoms with E-state index in [-0.39, 0.29) is 5.60 Å². The normalized spacial score (nSPS) is 11.6. The Bertz CT molecular complexity index is 338. The molecule has 16 heavy (non-hydrogen) atoms. The minimum atomic E-state index is -0.238. The molecule has 0 aliphatic heterocycles. The molecule has 0 amide bonds. The molecule has 0 saturated heterocycles. The van der Waals surface area contributed by atoms with Gasteiger partial charge in [0, 0.05) is 7.11 Å². The molecule has 2 nitrogen and oxygen atoms in total. The standard InChI is InChI=1S/C13H19ClO2/c1-5-13(6-2,16-4)10-7-8-11(14)12(9-10)15-3/h7-9H,5-6H2,1-4H3. The van der Waals surface area contributed by atoms with Gasteiger partial charge in [-0.1, -0.05) is 31.5 Å². The molecule has 3 heteroatoms. The van der Waals surface area contributed by atoms with Gasteiger partial charge in [0.05, 0.1) is 17.7 Å². The Morgan fingerprint density at radius 1 is 1.19 bits per heavy atom. The average Bonchev–Trinajstić information content (AvgIpc) is 2.33. The van der Waals surface area contributed by atoms with Gasteiger partial charge in [0.15, 0.2) is 0 Å². The van der Waals surface area contributed by atoms with Crippen molar-refractivity contribution >= 4 is 11.6 Å². The van der Waals surface area contributed by atoms with E-state index in [1.165, 1.54) is 0 Å². The maximum Gasteiger partial charge on any atom is 0.137 e. The van der Waals surface area contributed by atoms with Crippen LogP contribution in [0.5, 0.6) is 5.75 Å². The average molecular weight is 243 g/mol. The highest BCUT2D eigenvalue weighted by Crippen LogP contribution is 2.36. The van der Waals surface area contributed by atoms with E-state index < -0.39 is 0 Å². The second-order valence-electron chi connectivity index (χ2n) is 3.75. The maximum absolute atomic E-state index is 6.01. The number of benzene rings is 1. The highest BCUT2D eigenvalue weighted by molar-refractivity contribution is 6.32. The zero-order chi connectivity index (χ0) is 12.2. The summed E-state index contributed by atoms with van der Waals surface area (Å²) in [6, 6.07) is 5.81. The van der Waals surface area contributed by atoms with Gasteiger partial charge >= 0.3 is 0 Å². The first-order valence-corrected chi connectivity index (χ1v) is 5.90. The van der Waals surface area contributed by atoms with Crippen LogP contribution in [-0.4, -0.2) is 14.2 Å². The molecule has 0 aliphatic carbocycles. The summed E-state index contributed by atoms with van der Waals surface area (Å²) in [4.78, 5) is 0. The van der Waals surface area contributed by atoms with Gasteiger partial charge in [-0.05, 0) is 30.5 Å². The number of hydrogen-bond donors (Lipinski definition) is 0. The Balaban J connectivity index is 3.20. The lowest BCUT2D eigenvalue weighted by Gasteiger charge is -2.31. The lowest BCUT2D eigenvalue weighted by atomic mass is 9.88. The molecule has 90 valence electrons. The molecule has 0 bridgehead atoms. The van der Waals surface area contributed by atoms with E-state index in [0.29, 0.717) is 10.8 Å². The van der Waals surface area contributed by atoms with Crippen molar-refractivity contribution in [3.05, 3.63) is 28.8 Å². The van der Waals surface area contributed by atoms with Crippen LogP contribution in [0.4, 0.5) is 0 Å². The predicted molar refractivity (Wildman–Crippen MR) is 67.3 cm³/mol. The molecular weight excluding hydrogens is 224 g/mol. The Kier molecular flexibility index (Phi) is 4.63. The summed E-state index contributed by atoms with van der Waals surface area (Å²) in [5, 5.41) is 0.628. The quantitative estimate of drug-likeness (QED) is 0.777. The summed E-state index contributed by atoms with van der Waals surface area (Å²) in [5.41, 5.74) is 0.874. The van der Waals surface area contributed by atoms with Crippen molar-refractivity contribution in [3.8, 4) is 5.75 Å². The Morgan fingerprint density at radius 3 is 2.25 bits per heavy atom. The van der Waals surface area contributed by atoms with E-state index in [1.54, 1.807) is 14.2 Å². The fourth-order valence-corrected chi connectivity index (χ4v) is 2.20. The summed E-state index contributed by atoms with van der Waals surface area (Å²) >= 11 is 6.01. The van der Waals surface area contributed by atoms with Crippen molar-refractivity contribution < 1.29 is 9.47 Å². The molecule has 0 spiro atoms. The minimum Gasteiger partial charge on any atom is -0.495 e. The van der Waals surface area contributed by atoms with Crippen LogP contribution in [0.2, 0.25) is 5.02 Å². The molecule has 0 radical (unpaired) electrons. The zero-order valence-electron chi connectivity index (χ0n) is 10.3. The Hall–Kier alpha value is -0.730. The monoisotopic (exact) mass is 242 g/mol. The van der Waals surface area contributed by atoms with Crippen LogP contribution in [0, 0.1) is 0 Å². The molecule has 0 saturated carbocycles. The molecule has 1 aromatic carbocycles. The Morgan fingerprint density at radius 2 is 1.81 bits per heavy atom. The smallest absolute Gasteiger partial charge is 0.137 e. The number of methoxy groups -OCH3 is 2. The predicted octanol–water partition coefficient (Wildman–Crippen LogP) is 4.01. The van der Waals surface area contributed by atoms with Gasteiger partial charge in [0.25, 0.3) is 0 Å². The number of rotatable bonds is 5. The van der Waals surface area contributed by atoms with E-state index >= 15 is 0 Å². The van der Waals surface area contributed by atoms with Crippen molar-refractivity contribution in [1.82, 2.24) is 0 Å². The van der Waals surface area contributed by atoms with Crippen LogP contribution >= 0.6 is 11.6 Å². The van der Waals surface area contributed by atoms with Crippen molar-refractivity contribution in [3.63, 3.8) is 0 Å². The highest BCUT2D eigenvalue weighted by Gasteiger charge is 2.28. The summed E-state index contributed by atoms with van der Waals surface area (Å²) in [5.74, 6) is 0.697. The van der Waals surface area contributed by atoms with E-state index in [9.17, 15) is 0 Å². The lowest BCUT2D eigenvalue weighted by molar-refractivity contribution is -0.0218. The number of ether oxygens (including phenoxy) is 2. The second kappa shape index (κ2) is 5.55. The molecule has 0 aliphatic rings. The van der Waals surface area contributed by atoms with Crippen molar-refractivity contribution in [2.24, 2.45) is 0 Å². The van der Waals surface area contributed by atoms with Gasteiger partial charge in [-0.25, -0.2) is 0 Å². The van der Waals surface area contributed by atoms with Gasteiger partial charge in [0.2, 0.25) is 0 Å². The summed E-state index contributed by atoms with van der Waals surface area (Å²) < 4.78 is 10.9. The summed E-state index contributed by atoms with van der Waals surface area (Å²) in [7, 11) is 3.37. The van der Waals surface area contributed by atoms with Gasteiger partial charge < -0.3 is 9.47 Å². The molecule has 0 aromatic heterocycles. The molecule has 1 rings (SSSR count). The van der Waals surface area contributed by atoms with Crippen LogP contribution in [0.3, 0.4) is 0 Å². The van der Waals surface area contributed by atoms with Gasteiger partial charge in [-0.15, -0.1) is 0 Å². The highest BCUT2D eigenvalue weighted by atomic mass is 35.5. The van der Waals surface area contributed by atoms with Gasteiger partial charge in [0.1, 0.15) is 5.75 Å².